The molecule has 0 bridgehead atoms. The lowest BCUT2D eigenvalue weighted by atomic mass is 9.95. The largest absolute Gasteiger partial charge is 0.393 e. The summed E-state index contributed by atoms with van der Waals surface area (Å²) in [5.74, 6) is -3.65. The van der Waals surface area contributed by atoms with E-state index >= 15 is 0 Å². The summed E-state index contributed by atoms with van der Waals surface area (Å²) in [5.41, 5.74) is 5.05. The van der Waals surface area contributed by atoms with Crippen molar-refractivity contribution in [3.63, 3.8) is 0 Å². The van der Waals surface area contributed by atoms with Crippen LogP contribution in [-0.2, 0) is 9.53 Å². The zero-order valence-corrected chi connectivity index (χ0v) is 11.2. The lowest BCUT2D eigenvalue weighted by Gasteiger charge is -2.18. The van der Waals surface area contributed by atoms with E-state index in [0.29, 0.717) is 19.6 Å². The van der Waals surface area contributed by atoms with Crippen molar-refractivity contribution < 1.29 is 22.7 Å². The number of halogens is 3. The first-order valence-electron chi connectivity index (χ1n) is 6.41. The summed E-state index contributed by atoms with van der Waals surface area (Å²) in [5, 5.41) is 0. The van der Waals surface area contributed by atoms with Crippen molar-refractivity contribution in [1.82, 2.24) is 4.90 Å². The number of hydrogen-bond acceptors (Lipinski definition) is 3. The molecular formula is C12H21F3N2O2. The smallest absolute Gasteiger partial charge is 0.379 e. The molecule has 2 N–H and O–H groups in total. The van der Waals surface area contributed by atoms with Crippen LogP contribution in [0.1, 0.15) is 20.3 Å². The average molecular weight is 282 g/mol. The molecule has 19 heavy (non-hydrogen) atoms. The van der Waals surface area contributed by atoms with Gasteiger partial charge < -0.3 is 15.4 Å². The number of nitrogens with zero attached hydrogens (tertiary/aromatic N) is 1. The number of primary amides is 1. The van der Waals surface area contributed by atoms with E-state index in [2.05, 4.69) is 0 Å². The predicted octanol–water partition coefficient (Wildman–Crippen LogP) is 1.40. The SMILES string of the molecule is CC(C)OCCCN1C[C@@H](C(F)(F)F)[C@H](C(N)=O)C1. The van der Waals surface area contributed by atoms with Crippen molar-refractivity contribution in [2.24, 2.45) is 17.6 Å². The highest BCUT2D eigenvalue weighted by atomic mass is 19.4. The predicted molar refractivity (Wildman–Crippen MR) is 64.4 cm³/mol. The first-order valence-corrected chi connectivity index (χ1v) is 6.41. The second-order valence-corrected chi connectivity index (χ2v) is 5.19. The van der Waals surface area contributed by atoms with E-state index in [9.17, 15) is 18.0 Å². The summed E-state index contributed by atoms with van der Waals surface area (Å²) in [6.07, 6.45) is -3.61. The number of alkyl halides is 3. The van der Waals surface area contributed by atoms with Gasteiger partial charge in [0, 0.05) is 26.2 Å². The molecule has 0 aliphatic carbocycles. The Kier molecular flexibility index (Phi) is 5.61. The summed E-state index contributed by atoms with van der Waals surface area (Å²) in [7, 11) is 0. The Balaban J connectivity index is 2.45. The van der Waals surface area contributed by atoms with Crippen LogP contribution in [-0.4, -0.2) is 49.3 Å². The van der Waals surface area contributed by atoms with E-state index in [1.807, 2.05) is 13.8 Å². The lowest BCUT2D eigenvalue weighted by molar-refractivity contribution is -0.182. The van der Waals surface area contributed by atoms with Crippen molar-refractivity contribution in [3.05, 3.63) is 0 Å². The van der Waals surface area contributed by atoms with Crippen LogP contribution in [0, 0.1) is 11.8 Å². The first kappa shape index (κ1) is 16.2. The molecule has 0 spiro atoms. The number of likely N-dealkylation sites (tertiary alicyclic amines) is 1. The maximum atomic E-state index is 12.8. The van der Waals surface area contributed by atoms with E-state index in [-0.39, 0.29) is 19.2 Å². The van der Waals surface area contributed by atoms with Gasteiger partial charge in [-0.3, -0.25) is 4.79 Å². The Hall–Kier alpha value is -0.820. The van der Waals surface area contributed by atoms with Crippen molar-refractivity contribution in [2.45, 2.75) is 32.5 Å². The fraction of sp³-hybridized carbons (Fsp3) is 0.917. The molecule has 0 aromatic carbocycles. The van der Waals surface area contributed by atoms with Gasteiger partial charge in [-0.15, -0.1) is 0 Å². The maximum Gasteiger partial charge on any atom is 0.393 e. The standard InChI is InChI=1S/C12H21F3N2O2/c1-8(2)19-5-3-4-17-6-9(11(16)18)10(7-17)12(13,14)15/h8-10H,3-7H2,1-2H3,(H2,16,18)/t9-,10-/m1/s1. The summed E-state index contributed by atoms with van der Waals surface area (Å²) in [4.78, 5) is 12.7. The van der Waals surface area contributed by atoms with E-state index in [1.54, 1.807) is 4.90 Å². The molecule has 7 heteroatoms. The van der Waals surface area contributed by atoms with E-state index in [4.69, 9.17) is 10.5 Å². The Labute approximate surface area is 111 Å². The molecule has 1 saturated heterocycles. The Morgan fingerprint density at radius 1 is 1.42 bits per heavy atom. The Morgan fingerprint density at radius 3 is 2.47 bits per heavy atom. The van der Waals surface area contributed by atoms with Gasteiger partial charge in [-0.2, -0.15) is 13.2 Å². The van der Waals surface area contributed by atoms with E-state index < -0.39 is 23.9 Å². The lowest BCUT2D eigenvalue weighted by Crippen LogP contribution is -2.37. The van der Waals surface area contributed by atoms with Crippen LogP contribution in [0.25, 0.3) is 0 Å². The minimum Gasteiger partial charge on any atom is -0.379 e. The topological polar surface area (TPSA) is 55.6 Å². The van der Waals surface area contributed by atoms with Gasteiger partial charge in [-0.25, -0.2) is 0 Å². The highest BCUT2D eigenvalue weighted by Gasteiger charge is 2.51. The Morgan fingerprint density at radius 2 is 2.05 bits per heavy atom. The second-order valence-electron chi connectivity index (χ2n) is 5.19. The average Bonchev–Trinajstić information content (AvgIpc) is 2.68. The molecule has 1 aliphatic rings. The first-order chi connectivity index (χ1) is 8.71. The van der Waals surface area contributed by atoms with Crippen LogP contribution in [0.3, 0.4) is 0 Å². The molecule has 1 heterocycles. The van der Waals surface area contributed by atoms with Gasteiger partial charge in [0.15, 0.2) is 0 Å². The number of nitrogens with two attached hydrogens (primary N) is 1. The number of ether oxygens (including phenoxy) is 1. The van der Waals surface area contributed by atoms with E-state index in [1.165, 1.54) is 0 Å². The summed E-state index contributed by atoms with van der Waals surface area (Å²) in [6.45, 7) is 4.73. The third-order valence-electron chi connectivity index (χ3n) is 3.25. The number of carbonyl (C=O) groups is 1. The fourth-order valence-electron chi connectivity index (χ4n) is 2.30. The zero-order valence-electron chi connectivity index (χ0n) is 11.2. The van der Waals surface area contributed by atoms with Gasteiger partial charge in [0.2, 0.25) is 5.91 Å². The fourth-order valence-corrected chi connectivity index (χ4v) is 2.30. The third-order valence-corrected chi connectivity index (χ3v) is 3.25. The Bertz CT molecular complexity index is 308. The van der Waals surface area contributed by atoms with Crippen molar-refractivity contribution in [2.75, 3.05) is 26.2 Å². The molecule has 1 rings (SSSR count). The van der Waals surface area contributed by atoms with Gasteiger partial charge in [-0.05, 0) is 20.3 Å². The summed E-state index contributed by atoms with van der Waals surface area (Å²) < 4.78 is 43.7. The summed E-state index contributed by atoms with van der Waals surface area (Å²) in [6, 6.07) is 0. The van der Waals surface area contributed by atoms with Gasteiger partial charge in [0.05, 0.1) is 17.9 Å². The van der Waals surface area contributed by atoms with Gasteiger partial charge in [0.1, 0.15) is 0 Å². The van der Waals surface area contributed by atoms with Crippen molar-refractivity contribution in [1.29, 1.82) is 0 Å². The highest BCUT2D eigenvalue weighted by Crippen LogP contribution is 2.37. The van der Waals surface area contributed by atoms with Crippen LogP contribution in [0.5, 0.6) is 0 Å². The third kappa shape index (κ3) is 4.99. The second kappa shape index (κ2) is 6.56. The zero-order chi connectivity index (χ0) is 14.6. The monoisotopic (exact) mass is 282 g/mol. The molecular weight excluding hydrogens is 261 g/mol. The van der Waals surface area contributed by atoms with Gasteiger partial charge >= 0.3 is 6.18 Å². The van der Waals surface area contributed by atoms with Crippen molar-refractivity contribution in [3.8, 4) is 0 Å². The maximum absolute atomic E-state index is 12.8. The number of carbonyl (C=O) groups excluding carboxylic acids is 1. The molecule has 1 fully saturated rings. The van der Waals surface area contributed by atoms with Crippen LogP contribution in [0.15, 0.2) is 0 Å². The molecule has 112 valence electrons. The molecule has 0 aromatic heterocycles. The molecule has 4 nitrogen and oxygen atoms in total. The van der Waals surface area contributed by atoms with Crippen LogP contribution >= 0.6 is 0 Å². The molecule has 1 aliphatic heterocycles. The molecule has 0 radical (unpaired) electrons. The molecule has 1 amide bonds. The normalized spacial score (nSPS) is 25.2. The quantitative estimate of drug-likeness (QED) is 0.749. The number of hydrogen-bond donors (Lipinski definition) is 1. The molecule has 0 aromatic rings. The van der Waals surface area contributed by atoms with Gasteiger partial charge in [-0.1, -0.05) is 0 Å². The minimum atomic E-state index is -4.37. The number of rotatable bonds is 6. The molecule has 0 unspecified atom stereocenters. The van der Waals surface area contributed by atoms with Gasteiger partial charge in [0.25, 0.3) is 0 Å². The van der Waals surface area contributed by atoms with Crippen LogP contribution in [0.2, 0.25) is 0 Å². The van der Waals surface area contributed by atoms with Crippen LogP contribution in [0.4, 0.5) is 13.2 Å². The van der Waals surface area contributed by atoms with Crippen molar-refractivity contribution >= 4 is 5.91 Å². The van der Waals surface area contributed by atoms with E-state index in [0.717, 1.165) is 0 Å². The highest BCUT2D eigenvalue weighted by molar-refractivity contribution is 5.77. The van der Waals surface area contributed by atoms with Crippen LogP contribution < -0.4 is 5.73 Å². The number of amides is 1. The molecule has 2 atom stereocenters. The molecule has 0 saturated carbocycles. The summed E-state index contributed by atoms with van der Waals surface area (Å²) >= 11 is 0. The minimum absolute atomic E-state index is 0.0845.